The van der Waals surface area contributed by atoms with Crippen LogP contribution >= 0.6 is 0 Å². The van der Waals surface area contributed by atoms with Crippen LogP contribution in [0, 0.1) is 6.92 Å². The fourth-order valence-corrected chi connectivity index (χ4v) is 4.87. The molecule has 0 fully saturated rings. The van der Waals surface area contributed by atoms with Gasteiger partial charge in [-0.3, -0.25) is 4.79 Å². The van der Waals surface area contributed by atoms with Crippen molar-refractivity contribution in [3.8, 4) is 5.75 Å². The number of benzene rings is 3. The normalized spacial score (nSPS) is 11.3. The standard InChI is InChI=1S/C33H41N3O2/c1-25(2)28-19-18-26(3)23-31(28)38-22-12-21-36-30-16-10-9-15-29(30)35-32(36)17-8-5-11-20-34-33(37)24-27-13-6-4-7-14-27/h4,6-7,9-10,13-16,18-19,23,25H,5,8,11-12,17,20-22,24H2,1-3H3,(H,34,37). The van der Waals surface area contributed by atoms with E-state index >= 15 is 0 Å². The number of hydrogen-bond donors (Lipinski definition) is 1. The van der Waals surface area contributed by atoms with Gasteiger partial charge in [-0.1, -0.05) is 74.9 Å². The first kappa shape index (κ1) is 27.4. The van der Waals surface area contributed by atoms with Gasteiger partial charge in [-0.25, -0.2) is 4.98 Å². The van der Waals surface area contributed by atoms with Gasteiger partial charge >= 0.3 is 0 Å². The number of carbonyl (C=O) groups is 1. The maximum Gasteiger partial charge on any atom is 0.224 e. The number of ether oxygens (including phenoxy) is 1. The van der Waals surface area contributed by atoms with Gasteiger partial charge in [0.2, 0.25) is 5.91 Å². The number of para-hydroxylation sites is 2. The molecule has 0 radical (unpaired) electrons. The van der Waals surface area contributed by atoms with Crippen molar-refractivity contribution in [2.75, 3.05) is 13.2 Å². The number of hydrogen-bond acceptors (Lipinski definition) is 3. The summed E-state index contributed by atoms with van der Waals surface area (Å²) in [6, 6.07) is 24.8. The molecule has 0 saturated heterocycles. The number of unbranched alkanes of at least 4 members (excludes halogenated alkanes) is 2. The molecule has 0 atom stereocenters. The molecule has 4 aromatic rings. The lowest BCUT2D eigenvalue weighted by molar-refractivity contribution is -0.120. The SMILES string of the molecule is Cc1ccc(C(C)C)c(OCCCn2c(CCCCCNC(=O)Cc3ccccc3)nc3ccccc32)c1. The summed E-state index contributed by atoms with van der Waals surface area (Å²) in [5.74, 6) is 2.67. The molecule has 0 unspecified atom stereocenters. The summed E-state index contributed by atoms with van der Waals surface area (Å²) in [5.41, 5.74) is 5.78. The summed E-state index contributed by atoms with van der Waals surface area (Å²) in [7, 11) is 0. The highest BCUT2D eigenvalue weighted by atomic mass is 16.5. The number of nitrogens with zero attached hydrogens (tertiary/aromatic N) is 2. The minimum absolute atomic E-state index is 0.0892. The number of nitrogens with one attached hydrogen (secondary N) is 1. The molecule has 0 saturated carbocycles. The molecule has 1 amide bonds. The average Bonchev–Trinajstić information content (AvgIpc) is 3.26. The zero-order valence-corrected chi connectivity index (χ0v) is 23.1. The van der Waals surface area contributed by atoms with Crippen LogP contribution in [0.4, 0.5) is 0 Å². The number of aromatic nitrogens is 2. The Kier molecular flexibility index (Phi) is 9.97. The van der Waals surface area contributed by atoms with Crippen molar-refractivity contribution in [2.45, 2.75) is 71.8 Å². The molecule has 1 heterocycles. The first-order valence-electron chi connectivity index (χ1n) is 14.0. The first-order chi connectivity index (χ1) is 18.5. The van der Waals surface area contributed by atoms with Gasteiger partial charge in [0.1, 0.15) is 11.6 Å². The average molecular weight is 512 g/mol. The molecule has 0 spiro atoms. The molecule has 0 aliphatic heterocycles. The molecule has 3 aromatic carbocycles. The number of amides is 1. The highest BCUT2D eigenvalue weighted by Gasteiger charge is 2.12. The van der Waals surface area contributed by atoms with E-state index < -0.39 is 0 Å². The third kappa shape index (κ3) is 7.70. The molecule has 38 heavy (non-hydrogen) atoms. The molecule has 200 valence electrons. The fraction of sp³-hybridized carbons (Fsp3) is 0.394. The van der Waals surface area contributed by atoms with E-state index in [0.717, 1.165) is 67.8 Å². The summed E-state index contributed by atoms with van der Waals surface area (Å²) in [6.45, 7) is 8.81. The van der Waals surface area contributed by atoms with Gasteiger partial charge in [0.25, 0.3) is 0 Å². The Hall–Kier alpha value is -3.60. The Bertz CT molecular complexity index is 1310. The van der Waals surface area contributed by atoms with Crippen molar-refractivity contribution in [3.63, 3.8) is 0 Å². The summed E-state index contributed by atoms with van der Waals surface area (Å²) < 4.78 is 8.60. The van der Waals surface area contributed by atoms with E-state index in [0.29, 0.717) is 18.9 Å². The van der Waals surface area contributed by atoms with Crippen molar-refractivity contribution in [2.24, 2.45) is 0 Å². The number of aryl methyl sites for hydroxylation is 3. The van der Waals surface area contributed by atoms with E-state index in [-0.39, 0.29) is 5.91 Å². The van der Waals surface area contributed by atoms with Gasteiger partial charge in [0.05, 0.1) is 24.1 Å². The van der Waals surface area contributed by atoms with Crippen LogP contribution in [0.5, 0.6) is 5.75 Å². The Balaban J connectivity index is 1.25. The van der Waals surface area contributed by atoms with E-state index in [9.17, 15) is 4.79 Å². The van der Waals surface area contributed by atoms with Gasteiger partial charge in [0.15, 0.2) is 0 Å². The molecular formula is C33H41N3O2. The van der Waals surface area contributed by atoms with Crippen molar-refractivity contribution in [3.05, 3.63) is 95.3 Å². The Morgan fingerprint density at radius 1 is 0.947 bits per heavy atom. The maximum atomic E-state index is 12.2. The predicted molar refractivity (Wildman–Crippen MR) is 156 cm³/mol. The zero-order valence-electron chi connectivity index (χ0n) is 23.1. The molecule has 0 aliphatic carbocycles. The van der Waals surface area contributed by atoms with Crippen molar-refractivity contribution >= 4 is 16.9 Å². The minimum atomic E-state index is 0.0892. The summed E-state index contributed by atoms with van der Waals surface area (Å²) >= 11 is 0. The third-order valence-electron chi connectivity index (χ3n) is 6.92. The molecule has 0 bridgehead atoms. The second kappa shape index (κ2) is 13.8. The molecule has 5 nitrogen and oxygen atoms in total. The van der Waals surface area contributed by atoms with Crippen LogP contribution in [0.15, 0.2) is 72.8 Å². The first-order valence-corrected chi connectivity index (χ1v) is 14.0. The molecule has 4 rings (SSSR count). The van der Waals surface area contributed by atoms with E-state index in [4.69, 9.17) is 9.72 Å². The predicted octanol–water partition coefficient (Wildman–Crippen LogP) is 7.01. The number of fused-ring (bicyclic) bond motifs is 1. The molecule has 1 N–H and O–H groups in total. The molecular weight excluding hydrogens is 470 g/mol. The summed E-state index contributed by atoms with van der Waals surface area (Å²) in [6.07, 6.45) is 5.38. The Labute approximate surface area is 227 Å². The lowest BCUT2D eigenvalue weighted by Crippen LogP contribution is -2.26. The second-order valence-corrected chi connectivity index (χ2v) is 10.4. The van der Waals surface area contributed by atoms with Gasteiger partial charge in [-0.05, 0) is 67.0 Å². The van der Waals surface area contributed by atoms with Crippen LogP contribution in [0.3, 0.4) is 0 Å². The van der Waals surface area contributed by atoms with Crippen LogP contribution in [0.1, 0.15) is 68.0 Å². The number of carbonyl (C=O) groups excluding carboxylic acids is 1. The molecule has 1 aromatic heterocycles. The third-order valence-corrected chi connectivity index (χ3v) is 6.92. The number of rotatable bonds is 14. The zero-order chi connectivity index (χ0) is 26.7. The highest BCUT2D eigenvalue weighted by molar-refractivity contribution is 5.78. The van der Waals surface area contributed by atoms with E-state index in [1.165, 1.54) is 16.6 Å². The monoisotopic (exact) mass is 511 g/mol. The highest BCUT2D eigenvalue weighted by Crippen LogP contribution is 2.27. The van der Waals surface area contributed by atoms with Crippen LogP contribution in [0.25, 0.3) is 11.0 Å². The van der Waals surface area contributed by atoms with E-state index in [1.54, 1.807) is 0 Å². The smallest absolute Gasteiger partial charge is 0.224 e. The van der Waals surface area contributed by atoms with Gasteiger partial charge in [-0.2, -0.15) is 0 Å². The van der Waals surface area contributed by atoms with Crippen LogP contribution in [0.2, 0.25) is 0 Å². The van der Waals surface area contributed by atoms with Crippen molar-refractivity contribution in [1.29, 1.82) is 0 Å². The van der Waals surface area contributed by atoms with Crippen LogP contribution < -0.4 is 10.1 Å². The van der Waals surface area contributed by atoms with Crippen molar-refractivity contribution in [1.82, 2.24) is 14.9 Å². The Morgan fingerprint density at radius 3 is 2.55 bits per heavy atom. The minimum Gasteiger partial charge on any atom is -0.493 e. The van der Waals surface area contributed by atoms with Crippen LogP contribution in [-0.2, 0) is 24.2 Å². The van der Waals surface area contributed by atoms with E-state index in [1.807, 2.05) is 30.3 Å². The Morgan fingerprint density at radius 2 is 1.74 bits per heavy atom. The van der Waals surface area contributed by atoms with Gasteiger partial charge < -0.3 is 14.6 Å². The van der Waals surface area contributed by atoms with Gasteiger partial charge in [-0.15, -0.1) is 0 Å². The van der Waals surface area contributed by atoms with Crippen LogP contribution in [-0.4, -0.2) is 28.6 Å². The quantitative estimate of drug-likeness (QED) is 0.185. The summed E-state index contributed by atoms with van der Waals surface area (Å²) in [4.78, 5) is 17.1. The lowest BCUT2D eigenvalue weighted by Gasteiger charge is -2.15. The topological polar surface area (TPSA) is 56.1 Å². The molecule has 5 heteroatoms. The van der Waals surface area contributed by atoms with Gasteiger partial charge in [0, 0.05) is 19.5 Å². The molecule has 0 aliphatic rings. The lowest BCUT2D eigenvalue weighted by atomic mass is 10.0. The summed E-state index contributed by atoms with van der Waals surface area (Å²) in [5, 5.41) is 3.05. The van der Waals surface area contributed by atoms with E-state index in [2.05, 4.69) is 73.1 Å². The largest absolute Gasteiger partial charge is 0.493 e. The maximum absolute atomic E-state index is 12.2. The number of imidazole rings is 1. The fourth-order valence-electron chi connectivity index (χ4n) is 4.87. The second-order valence-electron chi connectivity index (χ2n) is 10.4. The van der Waals surface area contributed by atoms with Crippen molar-refractivity contribution < 1.29 is 9.53 Å².